The largest absolute Gasteiger partial charge is 0.214 e. The van der Waals surface area contributed by atoms with Crippen LogP contribution in [0.2, 0.25) is 0 Å². The van der Waals surface area contributed by atoms with Crippen molar-refractivity contribution in [2.24, 2.45) is 0 Å². The van der Waals surface area contributed by atoms with Crippen molar-refractivity contribution in [2.75, 3.05) is 0 Å². The van der Waals surface area contributed by atoms with Crippen molar-refractivity contribution in [3.63, 3.8) is 0 Å². The summed E-state index contributed by atoms with van der Waals surface area (Å²) in [4.78, 5) is 0. The van der Waals surface area contributed by atoms with Crippen molar-refractivity contribution in [2.45, 2.75) is 48.0 Å². The third-order valence-electron chi connectivity index (χ3n) is 7.23. The Bertz CT molecular complexity index is 1400. The van der Waals surface area contributed by atoms with Gasteiger partial charge in [-0.15, -0.1) is 11.1 Å². The number of benzene rings is 4. The monoisotopic (exact) mass is 570 g/mol. The van der Waals surface area contributed by atoms with Gasteiger partial charge in [0.05, 0.1) is 0 Å². The summed E-state index contributed by atoms with van der Waals surface area (Å²) in [5.74, 6) is 0. The molecule has 1 aliphatic rings. The predicted molar refractivity (Wildman–Crippen MR) is 160 cm³/mol. The SMILES string of the molecule is Cc1[c-]c2c(cc1C)-c1cc(C)c(C)cc1C2.Cc1ccc([C](=[Zr+2])c2ccc(C)cc2)cc1.c1cc[cH-]c1. The van der Waals surface area contributed by atoms with Crippen LogP contribution in [0.15, 0.2) is 97.1 Å². The molecule has 1 aliphatic carbocycles. The van der Waals surface area contributed by atoms with Gasteiger partial charge < -0.3 is 0 Å². The molecule has 0 heterocycles. The molecule has 1 heteroatoms. The van der Waals surface area contributed by atoms with Gasteiger partial charge in [0.25, 0.3) is 0 Å². The summed E-state index contributed by atoms with van der Waals surface area (Å²) in [6, 6.07) is 38.1. The molecule has 0 spiro atoms. The Kier molecular flexibility index (Phi) is 9.35. The first-order valence-corrected chi connectivity index (χ1v) is 14.5. The Hall–Kier alpha value is -3.02. The Morgan fingerprint density at radius 1 is 0.658 bits per heavy atom. The van der Waals surface area contributed by atoms with E-state index in [1.165, 1.54) is 94.2 Å². The zero-order valence-corrected chi connectivity index (χ0v) is 25.9. The molecule has 0 nitrogen and oxygen atoms in total. The van der Waals surface area contributed by atoms with Gasteiger partial charge >= 0.3 is 112 Å². The van der Waals surface area contributed by atoms with Gasteiger partial charge in [-0.05, 0) is 37.0 Å². The minimum atomic E-state index is 1.05. The standard InChI is InChI=1S/C17H17.C15H14.C5H5.Zr/c1-10-5-14-9-15-6-11(2)13(4)8-17(15)16(14)7-12(10)3;1-12-3-7-14(8-4-12)11-15-9-5-13(2)6-10-15;1-2-4-5-3-1;/h5,7-8H,9H2,1-4H3;3-10H,1-2H3;1-5H;/q-1;;-1;+2. The molecule has 0 aromatic heterocycles. The summed E-state index contributed by atoms with van der Waals surface area (Å²) in [5, 5.41) is 0. The fourth-order valence-electron chi connectivity index (χ4n) is 4.58. The maximum Gasteiger partial charge on any atom is -0.172 e. The molecular formula is C37H36Zr. The minimum Gasteiger partial charge on any atom is -0.214 e. The van der Waals surface area contributed by atoms with Gasteiger partial charge in [0.15, 0.2) is 0 Å². The van der Waals surface area contributed by atoms with Crippen LogP contribution in [-0.2, 0) is 30.7 Å². The van der Waals surface area contributed by atoms with Crippen LogP contribution in [0, 0.1) is 47.6 Å². The average Bonchev–Trinajstić information content (AvgIpc) is 3.58. The third-order valence-corrected chi connectivity index (χ3v) is 8.65. The molecule has 6 rings (SSSR count). The second-order valence-electron chi connectivity index (χ2n) is 10.3. The number of rotatable bonds is 2. The van der Waals surface area contributed by atoms with E-state index in [-0.39, 0.29) is 0 Å². The van der Waals surface area contributed by atoms with Crippen LogP contribution in [0.3, 0.4) is 0 Å². The van der Waals surface area contributed by atoms with Crippen molar-refractivity contribution in [3.05, 3.63) is 159 Å². The molecule has 0 unspecified atom stereocenters. The quantitative estimate of drug-likeness (QED) is 0.182. The second kappa shape index (κ2) is 12.7. The molecule has 188 valence electrons. The van der Waals surface area contributed by atoms with Gasteiger partial charge in [0.1, 0.15) is 0 Å². The summed E-state index contributed by atoms with van der Waals surface area (Å²) in [7, 11) is 0. The van der Waals surface area contributed by atoms with Crippen molar-refractivity contribution in [3.8, 4) is 11.1 Å². The van der Waals surface area contributed by atoms with E-state index in [2.05, 4.69) is 114 Å². The van der Waals surface area contributed by atoms with Gasteiger partial charge in [-0.1, -0.05) is 31.5 Å². The molecule has 0 radical (unpaired) electrons. The van der Waals surface area contributed by atoms with Gasteiger partial charge in [-0.25, -0.2) is 12.1 Å². The Labute approximate surface area is 244 Å². The first kappa shape index (κ1) is 28.0. The fraction of sp³-hybridized carbons (Fsp3) is 0.189. The molecule has 0 atom stereocenters. The van der Waals surface area contributed by atoms with E-state index in [0.717, 1.165) is 6.42 Å². The molecule has 0 N–H and O–H groups in total. The van der Waals surface area contributed by atoms with Crippen molar-refractivity contribution in [1.82, 2.24) is 0 Å². The first-order chi connectivity index (χ1) is 18.2. The topological polar surface area (TPSA) is 0 Å². The number of aryl methyl sites for hydroxylation is 6. The molecule has 0 saturated heterocycles. The maximum atomic E-state index is 3.54. The van der Waals surface area contributed by atoms with Crippen LogP contribution in [0.1, 0.15) is 55.6 Å². The van der Waals surface area contributed by atoms with Crippen molar-refractivity contribution >= 4 is 3.21 Å². The van der Waals surface area contributed by atoms with Crippen LogP contribution in [0.5, 0.6) is 0 Å². The zero-order valence-electron chi connectivity index (χ0n) is 23.4. The smallest absolute Gasteiger partial charge is 0.172 e. The van der Waals surface area contributed by atoms with Crippen LogP contribution >= 0.6 is 0 Å². The zero-order chi connectivity index (χ0) is 27.2. The molecule has 5 aromatic carbocycles. The summed E-state index contributed by atoms with van der Waals surface area (Å²) < 4.78 is 1.42. The van der Waals surface area contributed by atoms with E-state index in [1.54, 1.807) is 0 Å². The van der Waals surface area contributed by atoms with Crippen LogP contribution in [-0.4, -0.2) is 3.21 Å². The van der Waals surface area contributed by atoms with E-state index in [0.29, 0.717) is 0 Å². The number of fused-ring (bicyclic) bond motifs is 3. The van der Waals surface area contributed by atoms with Crippen LogP contribution in [0.25, 0.3) is 11.1 Å². The summed E-state index contributed by atoms with van der Waals surface area (Å²) in [6.07, 6.45) is 1.05. The van der Waals surface area contributed by atoms with Gasteiger partial charge in [0.2, 0.25) is 0 Å². The minimum absolute atomic E-state index is 1.05. The number of hydrogen-bond donors (Lipinski definition) is 0. The summed E-state index contributed by atoms with van der Waals surface area (Å²) in [5.41, 5.74) is 16.4. The normalized spacial score (nSPS) is 10.9. The predicted octanol–water partition coefficient (Wildman–Crippen LogP) is 9.12. The van der Waals surface area contributed by atoms with Crippen LogP contribution in [0.4, 0.5) is 0 Å². The van der Waals surface area contributed by atoms with E-state index < -0.39 is 0 Å². The Morgan fingerprint density at radius 3 is 1.66 bits per heavy atom. The molecule has 0 aliphatic heterocycles. The Morgan fingerprint density at radius 2 is 1.16 bits per heavy atom. The maximum absolute atomic E-state index is 3.54. The summed E-state index contributed by atoms with van der Waals surface area (Å²) >= 11 is 1.46. The molecule has 0 amide bonds. The molecule has 38 heavy (non-hydrogen) atoms. The third kappa shape index (κ3) is 6.89. The average molecular weight is 572 g/mol. The Balaban J connectivity index is 0.000000150. The fourth-order valence-corrected chi connectivity index (χ4v) is 5.39. The number of hydrogen-bond acceptors (Lipinski definition) is 0. The van der Waals surface area contributed by atoms with Crippen molar-refractivity contribution in [1.29, 1.82) is 0 Å². The van der Waals surface area contributed by atoms with Gasteiger partial charge in [-0.2, -0.15) is 41.5 Å². The van der Waals surface area contributed by atoms with Gasteiger partial charge in [0, 0.05) is 0 Å². The van der Waals surface area contributed by atoms with E-state index in [1.807, 2.05) is 30.3 Å². The molecular weight excluding hydrogens is 536 g/mol. The molecule has 5 aromatic rings. The molecule has 0 bridgehead atoms. The summed E-state index contributed by atoms with van der Waals surface area (Å²) in [6.45, 7) is 13.0. The van der Waals surface area contributed by atoms with Crippen LogP contribution < -0.4 is 0 Å². The van der Waals surface area contributed by atoms with E-state index >= 15 is 0 Å². The van der Waals surface area contributed by atoms with E-state index in [9.17, 15) is 0 Å². The second-order valence-corrected chi connectivity index (χ2v) is 11.5. The van der Waals surface area contributed by atoms with Gasteiger partial charge in [-0.3, -0.25) is 0 Å². The molecule has 0 fully saturated rings. The molecule has 0 saturated carbocycles. The first-order valence-electron chi connectivity index (χ1n) is 13.2. The van der Waals surface area contributed by atoms with Crippen molar-refractivity contribution < 1.29 is 24.2 Å². The van der Waals surface area contributed by atoms with E-state index in [4.69, 9.17) is 0 Å².